The van der Waals surface area contributed by atoms with Gasteiger partial charge in [0.1, 0.15) is 0 Å². The molecule has 0 atom stereocenters. The van der Waals surface area contributed by atoms with Crippen molar-refractivity contribution >= 4 is 0 Å². The van der Waals surface area contributed by atoms with Crippen LogP contribution in [0.25, 0.3) is 0 Å². The van der Waals surface area contributed by atoms with Crippen LogP contribution in [0.5, 0.6) is 0 Å². The predicted molar refractivity (Wildman–Crippen MR) is 48.4 cm³/mol. The van der Waals surface area contributed by atoms with Crippen molar-refractivity contribution in [2.24, 2.45) is 0 Å². The second kappa shape index (κ2) is 8.89. The van der Waals surface area contributed by atoms with Gasteiger partial charge in [-0.05, 0) is 25.3 Å². The largest absolute Gasteiger partial charge is 1.00 e. The van der Waals surface area contributed by atoms with Crippen LogP contribution in [0, 0.1) is 13.0 Å². The van der Waals surface area contributed by atoms with E-state index in [2.05, 4.69) is 43.8 Å². The maximum absolute atomic E-state index is 3.57. The van der Waals surface area contributed by atoms with Gasteiger partial charge >= 0.3 is 0 Å². The van der Waals surface area contributed by atoms with Gasteiger partial charge in [-0.25, -0.2) is 0 Å². The normalized spacial score (nSPS) is 8.08. The smallest absolute Gasteiger partial charge is 0 e. The maximum atomic E-state index is 3.57. The van der Waals surface area contributed by atoms with Gasteiger partial charge in [0.2, 0.25) is 0 Å². The molecule has 0 heterocycles. The SMILES string of the molecule is C=[C]CCc1ccc(C)cc1.[I-].[Zn]. The number of allylic oxidation sites excluding steroid dienone is 1. The average Bonchev–Trinajstić information content (AvgIpc) is 2.04. The summed E-state index contributed by atoms with van der Waals surface area (Å²) in [5, 5.41) is 0. The van der Waals surface area contributed by atoms with Gasteiger partial charge in [-0.2, -0.15) is 0 Å². The van der Waals surface area contributed by atoms with Gasteiger partial charge in [-0.3, -0.25) is 0 Å². The first kappa shape index (κ1) is 15.8. The molecular weight excluding hydrogens is 324 g/mol. The molecule has 0 amide bonds. The van der Waals surface area contributed by atoms with Crippen LogP contribution < -0.4 is 24.0 Å². The second-order valence-electron chi connectivity index (χ2n) is 2.74. The first-order valence-electron chi connectivity index (χ1n) is 3.88. The van der Waals surface area contributed by atoms with E-state index in [0.717, 1.165) is 12.8 Å². The third-order valence-electron chi connectivity index (χ3n) is 1.71. The van der Waals surface area contributed by atoms with E-state index >= 15 is 0 Å². The molecule has 0 N–H and O–H groups in total. The molecule has 1 radical (unpaired) electrons. The molecule has 0 aromatic heterocycles. The van der Waals surface area contributed by atoms with Crippen LogP contribution in [0.15, 0.2) is 30.8 Å². The molecule has 0 unspecified atom stereocenters. The molecule has 0 aliphatic rings. The van der Waals surface area contributed by atoms with Crippen molar-refractivity contribution in [3.8, 4) is 0 Å². The minimum absolute atomic E-state index is 0. The summed E-state index contributed by atoms with van der Waals surface area (Å²) in [7, 11) is 0. The Labute approximate surface area is 111 Å². The van der Waals surface area contributed by atoms with E-state index in [9.17, 15) is 0 Å². The van der Waals surface area contributed by atoms with Gasteiger partial charge in [-0.1, -0.05) is 42.5 Å². The zero-order valence-corrected chi connectivity index (χ0v) is 13.1. The monoisotopic (exact) mass is 336 g/mol. The molecule has 1 aromatic carbocycles. The van der Waals surface area contributed by atoms with E-state index in [1.54, 1.807) is 0 Å². The Morgan fingerprint density at radius 3 is 2.23 bits per heavy atom. The van der Waals surface area contributed by atoms with Crippen molar-refractivity contribution in [3.63, 3.8) is 0 Å². The van der Waals surface area contributed by atoms with Crippen LogP contribution in [0.2, 0.25) is 0 Å². The fourth-order valence-corrected chi connectivity index (χ4v) is 0.987. The van der Waals surface area contributed by atoms with Gasteiger partial charge in [-0.15, -0.1) is 0 Å². The molecule has 67 valence electrons. The Morgan fingerprint density at radius 1 is 1.23 bits per heavy atom. The molecule has 0 nitrogen and oxygen atoms in total. The van der Waals surface area contributed by atoms with E-state index in [4.69, 9.17) is 0 Å². The van der Waals surface area contributed by atoms with E-state index < -0.39 is 0 Å². The molecule has 13 heavy (non-hydrogen) atoms. The predicted octanol–water partition coefficient (Wildman–Crippen LogP) is -0.0817. The van der Waals surface area contributed by atoms with Crippen LogP contribution in [-0.4, -0.2) is 0 Å². The molecule has 0 saturated carbocycles. The van der Waals surface area contributed by atoms with Crippen molar-refractivity contribution in [3.05, 3.63) is 48.0 Å². The molecule has 2 heteroatoms. The average molecular weight is 338 g/mol. The van der Waals surface area contributed by atoms with Crippen molar-refractivity contribution < 1.29 is 43.5 Å². The summed E-state index contributed by atoms with van der Waals surface area (Å²) in [4.78, 5) is 0. The summed E-state index contributed by atoms with van der Waals surface area (Å²) in [5.41, 5.74) is 2.68. The third-order valence-corrected chi connectivity index (χ3v) is 1.71. The summed E-state index contributed by atoms with van der Waals surface area (Å²) in [6.45, 7) is 5.67. The van der Waals surface area contributed by atoms with E-state index in [1.165, 1.54) is 11.1 Å². The number of benzene rings is 1. The van der Waals surface area contributed by atoms with Crippen molar-refractivity contribution in [2.45, 2.75) is 19.8 Å². The van der Waals surface area contributed by atoms with Crippen molar-refractivity contribution in [1.82, 2.24) is 0 Å². The first-order valence-corrected chi connectivity index (χ1v) is 3.88. The molecular formula is C11H13IZn-. The van der Waals surface area contributed by atoms with E-state index in [0.29, 0.717) is 0 Å². The van der Waals surface area contributed by atoms with Gasteiger partial charge in [0, 0.05) is 19.5 Å². The number of aryl methyl sites for hydroxylation is 2. The van der Waals surface area contributed by atoms with Crippen LogP contribution in [0.1, 0.15) is 17.5 Å². The Bertz CT molecular complexity index is 228. The first-order chi connectivity index (χ1) is 5.33. The van der Waals surface area contributed by atoms with Crippen molar-refractivity contribution in [1.29, 1.82) is 0 Å². The zero-order valence-electron chi connectivity index (χ0n) is 8.02. The minimum atomic E-state index is 0. The zero-order chi connectivity index (χ0) is 8.10. The molecule has 1 aromatic rings. The standard InChI is InChI=1S/C11H13.HI.Zn/c1-3-4-5-11-8-6-10(2)7-9-11;;/h6-9H,1,4-5H2,2H3;1H;/p-1. The van der Waals surface area contributed by atoms with Gasteiger partial charge in [0.15, 0.2) is 0 Å². The summed E-state index contributed by atoms with van der Waals surface area (Å²) < 4.78 is 0. The molecule has 0 aliphatic heterocycles. The Balaban J connectivity index is 0. The van der Waals surface area contributed by atoms with Gasteiger partial charge < -0.3 is 24.0 Å². The number of hydrogen-bond acceptors (Lipinski definition) is 0. The summed E-state index contributed by atoms with van der Waals surface area (Å²) in [5.74, 6) is 0. The second-order valence-corrected chi connectivity index (χ2v) is 2.74. The topological polar surface area (TPSA) is 0 Å². The molecule has 0 bridgehead atoms. The van der Waals surface area contributed by atoms with Crippen LogP contribution in [0.3, 0.4) is 0 Å². The molecule has 0 saturated heterocycles. The van der Waals surface area contributed by atoms with E-state index in [1.807, 2.05) is 0 Å². The molecule has 0 spiro atoms. The fraction of sp³-hybridized carbons (Fsp3) is 0.273. The van der Waals surface area contributed by atoms with Gasteiger partial charge in [0.25, 0.3) is 0 Å². The fourth-order valence-electron chi connectivity index (χ4n) is 0.987. The Morgan fingerprint density at radius 2 is 1.77 bits per heavy atom. The Kier molecular flexibility index (Phi) is 10.8. The number of halogens is 1. The van der Waals surface area contributed by atoms with Crippen LogP contribution in [-0.2, 0) is 25.9 Å². The molecule has 1 rings (SSSR count). The Hall–Kier alpha value is 0.313. The van der Waals surface area contributed by atoms with Crippen LogP contribution >= 0.6 is 0 Å². The van der Waals surface area contributed by atoms with Crippen molar-refractivity contribution in [2.75, 3.05) is 0 Å². The molecule has 0 fully saturated rings. The van der Waals surface area contributed by atoms with Gasteiger partial charge in [0.05, 0.1) is 0 Å². The third kappa shape index (κ3) is 6.39. The maximum Gasteiger partial charge on any atom is 0 e. The molecule has 0 aliphatic carbocycles. The summed E-state index contributed by atoms with van der Waals surface area (Å²) in [6, 6.07) is 8.59. The quantitative estimate of drug-likeness (QED) is 0.535. The summed E-state index contributed by atoms with van der Waals surface area (Å²) >= 11 is 0. The number of hydrogen-bond donors (Lipinski definition) is 0. The summed E-state index contributed by atoms with van der Waals surface area (Å²) in [6.07, 6.45) is 4.89. The number of rotatable bonds is 3. The minimum Gasteiger partial charge on any atom is -1.00 e. The van der Waals surface area contributed by atoms with E-state index in [-0.39, 0.29) is 43.5 Å². The van der Waals surface area contributed by atoms with Crippen LogP contribution in [0.4, 0.5) is 0 Å².